The first kappa shape index (κ1) is 23.3. The number of benzene rings is 2. The Labute approximate surface area is 174 Å². The number of ether oxygens (including phenoxy) is 2. The smallest absolute Gasteiger partial charge is 0.305 e. The highest BCUT2D eigenvalue weighted by atomic mass is 28.4. The van der Waals surface area contributed by atoms with Crippen LogP contribution in [0.2, 0.25) is 5.04 Å². The molecule has 2 rings (SSSR count). The Hall–Kier alpha value is -1.99. The summed E-state index contributed by atoms with van der Waals surface area (Å²) >= 11 is 0. The van der Waals surface area contributed by atoms with Gasteiger partial charge in [0.1, 0.15) is 0 Å². The Morgan fingerprint density at radius 2 is 1.38 bits per heavy atom. The minimum atomic E-state index is -2.85. The predicted octanol–water partition coefficient (Wildman–Crippen LogP) is 3.42. The van der Waals surface area contributed by atoms with Crippen molar-refractivity contribution in [3.05, 3.63) is 60.7 Å². The van der Waals surface area contributed by atoms with Gasteiger partial charge in [-0.3, -0.25) is 4.79 Å². The average molecular weight is 417 g/mol. The summed E-state index contributed by atoms with van der Waals surface area (Å²) in [4.78, 5) is 11.6. The van der Waals surface area contributed by atoms with Crippen LogP contribution in [-0.2, 0) is 18.7 Å². The molecule has 29 heavy (non-hydrogen) atoms. The van der Waals surface area contributed by atoms with E-state index in [1.807, 2.05) is 36.4 Å². The summed E-state index contributed by atoms with van der Waals surface area (Å²) in [5, 5.41) is 11.5. The Bertz CT molecular complexity index is 714. The fourth-order valence-corrected chi connectivity index (χ4v) is 8.51. The molecule has 0 fully saturated rings. The Kier molecular flexibility index (Phi) is 8.16. The lowest BCUT2D eigenvalue weighted by Gasteiger charge is -2.45. The van der Waals surface area contributed by atoms with Gasteiger partial charge in [-0.1, -0.05) is 81.4 Å². The minimum Gasteiger partial charge on any atom is -0.481 e. The largest absolute Gasteiger partial charge is 0.481 e. The van der Waals surface area contributed by atoms with Crippen LogP contribution in [0.3, 0.4) is 0 Å². The van der Waals surface area contributed by atoms with Crippen LogP contribution in [0.5, 0.6) is 0 Å². The highest BCUT2D eigenvalue weighted by Gasteiger charge is 2.51. The van der Waals surface area contributed by atoms with Crippen LogP contribution in [0.25, 0.3) is 0 Å². The van der Waals surface area contributed by atoms with E-state index < -0.39 is 26.7 Å². The van der Waals surface area contributed by atoms with Gasteiger partial charge in [0, 0.05) is 20.6 Å². The number of rotatable bonds is 10. The van der Waals surface area contributed by atoms with Crippen LogP contribution in [0, 0.1) is 0 Å². The normalized spacial score (nSPS) is 13.4. The van der Waals surface area contributed by atoms with Crippen LogP contribution < -0.4 is 10.4 Å². The second-order valence-electron chi connectivity index (χ2n) is 8.14. The maximum atomic E-state index is 11.6. The van der Waals surface area contributed by atoms with Crippen molar-refractivity contribution in [3.8, 4) is 0 Å². The van der Waals surface area contributed by atoms with Crippen LogP contribution >= 0.6 is 0 Å². The highest BCUT2D eigenvalue weighted by Crippen LogP contribution is 2.38. The lowest BCUT2D eigenvalue weighted by molar-refractivity contribution is -0.143. The van der Waals surface area contributed by atoms with E-state index in [-0.39, 0.29) is 11.5 Å². The minimum absolute atomic E-state index is 0.117. The zero-order valence-corrected chi connectivity index (χ0v) is 18.9. The molecule has 0 heterocycles. The monoisotopic (exact) mass is 416 g/mol. The van der Waals surface area contributed by atoms with Crippen LogP contribution in [0.4, 0.5) is 0 Å². The van der Waals surface area contributed by atoms with Gasteiger partial charge in [-0.05, 0) is 15.4 Å². The van der Waals surface area contributed by atoms with Crippen molar-refractivity contribution in [2.45, 2.75) is 51.0 Å². The SMILES string of the molecule is COC(C[C@H](CC(=O)O)O[Si](c1ccccc1)(c1ccccc1)C(C)(C)C)OC. The van der Waals surface area contributed by atoms with Gasteiger partial charge < -0.3 is 19.0 Å². The molecular formula is C23H32O5Si. The molecule has 158 valence electrons. The lowest BCUT2D eigenvalue weighted by Crippen LogP contribution is -2.68. The third-order valence-corrected chi connectivity index (χ3v) is 10.2. The zero-order chi connectivity index (χ0) is 21.5. The molecule has 0 aromatic heterocycles. The molecular weight excluding hydrogens is 384 g/mol. The van der Waals surface area contributed by atoms with E-state index in [9.17, 15) is 9.90 Å². The second-order valence-corrected chi connectivity index (χ2v) is 12.4. The molecule has 0 radical (unpaired) electrons. The van der Waals surface area contributed by atoms with Crippen molar-refractivity contribution in [3.63, 3.8) is 0 Å². The van der Waals surface area contributed by atoms with Crippen molar-refractivity contribution >= 4 is 24.7 Å². The standard InChI is InChI=1S/C23H32O5Si/c1-23(2,3)29(19-12-8-6-9-13-19,20-14-10-7-11-15-20)28-18(16-21(24)25)17-22(26-4)27-5/h6-15,18,22H,16-17H2,1-5H3,(H,24,25)/t18-/m0/s1. The summed E-state index contributed by atoms with van der Waals surface area (Å²) in [5.74, 6) is -0.904. The third kappa shape index (κ3) is 5.54. The van der Waals surface area contributed by atoms with Gasteiger partial charge in [-0.15, -0.1) is 0 Å². The van der Waals surface area contributed by atoms with Crippen LogP contribution in [0.15, 0.2) is 60.7 Å². The average Bonchev–Trinajstić information content (AvgIpc) is 2.69. The molecule has 0 saturated heterocycles. The number of carboxylic acid groups (broad SMARTS) is 1. The van der Waals surface area contributed by atoms with Gasteiger partial charge in [0.05, 0.1) is 12.5 Å². The van der Waals surface area contributed by atoms with Gasteiger partial charge in [0.25, 0.3) is 8.32 Å². The van der Waals surface area contributed by atoms with Crippen LogP contribution in [0.1, 0.15) is 33.6 Å². The maximum absolute atomic E-state index is 11.6. The number of carboxylic acids is 1. The summed E-state index contributed by atoms with van der Waals surface area (Å²) in [6.07, 6.45) is -0.862. The van der Waals surface area contributed by atoms with Gasteiger partial charge >= 0.3 is 5.97 Å². The van der Waals surface area contributed by atoms with Crippen LogP contribution in [-0.4, -0.2) is 46.0 Å². The Morgan fingerprint density at radius 1 is 0.931 bits per heavy atom. The highest BCUT2D eigenvalue weighted by molar-refractivity contribution is 6.99. The fourth-order valence-electron chi connectivity index (χ4n) is 3.81. The molecule has 0 spiro atoms. The predicted molar refractivity (Wildman–Crippen MR) is 117 cm³/mol. The topological polar surface area (TPSA) is 65.0 Å². The molecule has 1 atom stereocenters. The molecule has 0 amide bonds. The molecule has 5 nitrogen and oxygen atoms in total. The molecule has 6 heteroatoms. The molecule has 0 bridgehead atoms. The van der Waals surface area contributed by atoms with Gasteiger partial charge in [0.15, 0.2) is 6.29 Å². The van der Waals surface area contributed by atoms with Crippen molar-refractivity contribution in [1.82, 2.24) is 0 Å². The van der Waals surface area contributed by atoms with Gasteiger partial charge in [-0.25, -0.2) is 0 Å². The first-order valence-electron chi connectivity index (χ1n) is 9.81. The van der Waals surface area contributed by atoms with Crippen molar-refractivity contribution in [1.29, 1.82) is 0 Å². The molecule has 1 N–H and O–H groups in total. The fraction of sp³-hybridized carbons (Fsp3) is 0.435. The number of aliphatic carboxylic acids is 1. The third-order valence-electron chi connectivity index (χ3n) is 5.14. The molecule has 0 saturated carbocycles. The number of carbonyl (C=O) groups is 1. The van der Waals surface area contributed by atoms with E-state index in [0.29, 0.717) is 6.42 Å². The van der Waals surface area contributed by atoms with E-state index in [0.717, 1.165) is 10.4 Å². The lowest BCUT2D eigenvalue weighted by atomic mass is 10.2. The first-order valence-corrected chi connectivity index (χ1v) is 11.7. The van der Waals surface area contributed by atoms with E-state index in [1.54, 1.807) is 14.2 Å². The number of methoxy groups -OCH3 is 2. The van der Waals surface area contributed by atoms with Gasteiger partial charge in [-0.2, -0.15) is 0 Å². The van der Waals surface area contributed by atoms with E-state index in [1.165, 1.54) is 0 Å². The summed E-state index contributed by atoms with van der Waals surface area (Å²) in [6.45, 7) is 6.50. The second kappa shape index (κ2) is 10.2. The van der Waals surface area contributed by atoms with E-state index >= 15 is 0 Å². The van der Waals surface area contributed by atoms with Crippen molar-refractivity contribution in [2.75, 3.05) is 14.2 Å². The maximum Gasteiger partial charge on any atom is 0.305 e. The quantitative estimate of drug-likeness (QED) is 0.475. The molecule has 0 unspecified atom stereocenters. The number of hydrogen-bond acceptors (Lipinski definition) is 4. The molecule has 0 aliphatic rings. The summed E-state index contributed by atoms with van der Waals surface area (Å²) in [7, 11) is 0.255. The Balaban J connectivity index is 2.63. The number of hydrogen-bond donors (Lipinski definition) is 1. The molecule has 0 aliphatic carbocycles. The van der Waals surface area contributed by atoms with Gasteiger partial charge in [0.2, 0.25) is 0 Å². The van der Waals surface area contributed by atoms with Crippen molar-refractivity contribution in [2.24, 2.45) is 0 Å². The first-order chi connectivity index (χ1) is 13.7. The summed E-state index contributed by atoms with van der Waals surface area (Å²) < 4.78 is 17.6. The molecule has 0 aliphatic heterocycles. The molecule has 2 aromatic rings. The summed E-state index contributed by atoms with van der Waals surface area (Å²) in [5.41, 5.74) is 0. The Morgan fingerprint density at radius 3 is 1.72 bits per heavy atom. The van der Waals surface area contributed by atoms with Crippen molar-refractivity contribution < 1.29 is 23.8 Å². The zero-order valence-electron chi connectivity index (χ0n) is 17.9. The van der Waals surface area contributed by atoms with E-state index in [2.05, 4.69) is 45.0 Å². The summed E-state index contributed by atoms with van der Waals surface area (Å²) in [6, 6.07) is 20.4. The van der Waals surface area contributed by atoms with E-state index in [4.69, 9.17) is 13.9 Å². The molecule has 2 aromatic carbocycles.